The highest BCUT2D eigenvalue weighted by Gasteiger charge is 2.31. The van der Waals surface area contributed by atoms with Crippen molar-refractivity contribution in [3.05, 3.63) is 11.7 Å². The third-order valence-electron chi connectivity index (χ3n) is 5.33. The maximum absolute atomic E-state index is 12.3. The molecule has 146 valence electrons. The number of amides is 1. The first kappa shape index (κ1) is 19.3. The lowest BCUT2D eigenvalue weighted by atomic mass is 9.98. The lowest BCUT2D eigenvalue weighted by molar-refractivity contribution is -0.132. The van der Waals surface area contributed by atoms with Gasteiger partial charge < -0.3 is 18.9 Å². The number of nitrogens with zero attached hydrogens (tertiary/aromatic N) is 4. The Morgan fingerprint density at radius 2 is 2.15 bits per heavy atom. The van der Waals surface area contributed by atoms with Crippen LogP contribution in [0.4, 0.5) is 0 Å². The molecule has 2 saturated heterocycles. The summed E-state index contributed by atoms with van der Waals surface area (Å²) in [6.45, 7) is 6.36. The molecule has 8 nitrogen and oxygen atoms in total. The number of likely N-dealkylation sites (tertiary alicyclic amines) is 1. The van der Waals surface area contributed by atoms with E-state index in [-0.39, 0.29) is 11.9 Å². The second-order valence-corrected chi connectivity index (χ2v) is 7.13. The smallest absolute Gasteiger partial charge is 0.252 e. The summed E-state index contributed by atoms with van der Waals surface area (Å²) in [6.07, 6.45) is 4.98. The topological polar surface area (TPSA) is 80.9 Å². The molecule has 1 unspecified atom stereocenters. The van der Waals surface area contributed by atoms with E-state index in [0.717, 1.165) is 52.0 Å². The monoisotopic (exact) mass is 366 g/mol. The van der Waals surface area contributed by atoms with E-state index in [1.807, 2.05) is 4.90 Å². The average Bonchev–Trinajstić information content (AvgIpc) is 3.10. The molecule has 1 aromatic rings. The van der Waals surface area contributed by atoms with Gasteiger partial charge in [0, 0.05) is 58.8 Å². The van der Waals surface area contributed by atoms with Crippen LogP contribution in [0.15, 0.2) is 4.52 Å². The molecule has 1 atom stereocenters. The second kappa shape index (κ2) is 9.43. The Bertz CT molecular complexity index is 573. The third kappa shape index (κ3) is 5.02. The van der Waals surface area contributed by atoms with Gasteiger partial charge in [0.15, 0.2) is 5.82 Å². The summed E-state index contributed by atoms with van der Waals surface area (Å²) in [5.41, 5.74) is 0. The van der Waals surface area contributed by atoms with Gasteiger partial charge in [-0.3, -0.25) is 9.69 Å². The first-order chi connectivity index (χ1) is 12.7. The van der Waals surface area contributed by atoms with Crippen LogP contribution in [0, 0.1) is 0 Å². The number of carbonyl (C=O) groups is 1. The normalized spacial score (nSPS) is 22.5. The van der Waals surface area contributed by atoms with Crippen LogP contribution in [0.25, 0.3) is 0 Å². The van der Waals surface area contributed by atoms with Crippen LogP contribution in [0.5, 0.6) is 0 Å². The van der Waals surface area contributed by atoms with E-state index in [4.69, 9.17) is 14.0 Å². The van der Waals surface area contributed by atoms with E-state index >= 15 is 0 Å². The molecule has 0 saturated carbocycles. The molecule has 0 radical (unpaired) electrons. The Morgan fingerprint density at radius 3 is 2.88 bits per heavy atom. The lowest BCUT2D eigenvalue weighted by Gasteiger charge is -2.43. The summed E-state index contributed by atoms with van der Waals surface area (Å²) in [5, 5.41) is 3.97. The molecule has 0 N–H and O–H groups in total. The summed E-state index contributed by atoms with van der Waals surface area (Å²) in [5.74, 6) is 1.21. The molecule has 0 spiro atoms. The van der Waals surface area contributed by atoms with Crippen LogP contribution < -0.4 is 0 Å². The highest BCUT2D eigenvalue weighted by Crippen LogP contribution is 2.23. The van der Waals surface area contributed by atoms with Gasteiger partial charge in [0.05, 0.1) is 0 Å². The zero-order valence-corrected chi connectivity index (χ0v) is 15.9. The van der Waals surface area contributed by atoms with Crippen molar-refractivity contribution in [1.82, 2.24) is 19.9 Å². The van der Waals surface area contributed by atoms with Crippen LogP contribution in [0.1, 0.15) is 44.3 Å². The number of hydrogen-bond acceptors (Lipinski definition) is 7. The fraction of sp³-hybridized carbons (Fsp3) is 0.833. The predicted octanol–water partition coefficient (Wildman–Crippen LogP) is 1.25. The van der Waals surface area contributed by atoms with Crippen molar-refractivity contribution in [2.45, 2.75) is 57.7 Å². The SMILES string of the molecule is COCc1nc(CCN(C(C)=O)C2CCCN(C3CCOCC3)C2)no1. The molecular weight excluding hydrogens is 336 g/mol. The molecular formula is C18H30N4O4. The van der Waals surface area contributed by atoms with E-state index in [9.17, 15) is 4.79 Å². The van der Waals surface area contributed by atoms with Crippen molar-refractivity contribution in [3.63, 3.8) is 0 Å². The summed E-state index contributed by atoms with van der Waals surface area (Å²) < 4.78 is 15.6. The minimum absolute atomic E-state index is 0.115. The number of aromatic nitrogens is 2. The zero-order valence-electron chi connectivity index (χ0n) is 15.9. The third-order valence-corrected chi connectivity index (χ3v) is 5.33. The molecule has 0 bridgehead atoms. The molecule has 8 heteroatoms. The van der Waals surface area contributed by atoms with Crippen molar-refractivity contribution in [2.24, 2.45) is 0 Å². The van der Waals surface area contributed by atoms with Gasteiger partial charge in [-0.05, 0) is 32.2 Å². The number of carbonyl (C=O) groups excluding carboxylic acids is 1. The Hall–Kier alpha value is -1.51. The molecule has 2 aliphatic heterocycles. The van der Waals surface area contributed by atoms with Gasteiger partial charge in [0.25, 0.3) is 5.89 Å². The van der Waals surface area contributed by atoms with E-state index in [2.05, 4.69) is 15.0 Å². The first-order valence-corrected chi connectivity index (χ1v) is 9.56. The summed E-state index contributed by atoms with van der Waals surface area (Å²) in [4.78, 5) is 21.1. The highest BCUT2D eigenvalue weighted by molar-refractivity contribution is 5.73. The largest absolute Gasteiger partial charge is 0.381 e. The second-order valence-electron chi connectivity index (χ2n) is 7.13. The predicted molar refractivity (Wildman–Crippen MR) is 94.5 cm³/mol. The lowest BCUT2D eigenvalue weighted by Crippen LogP contribution is -2.53. The van der Waals surface area contributed by atoms with Crippen LogP contribution in [-0.2, 0) is 27.3 Å². The number of ether oxygens (including phenoxy) is 2. The maximum atomic E-state index is 12.3. The van der Waals surface area contributed by atoms with Gasteiger partial charge in [-0.2, -0.15) is 4.98 Å². The van der Waals surface area contributed by atoms with E-state index in [1.165, 1.54) is 0 Å². The van der Waals surface area contributed by atoms with Crippen LogP contribution in [0.2, 0.25) is 0 Å². The van der Waals surface area contributed by atoms with Crippen LogP contribution in [-0.4, -0.2) is 77.9 Å². The fourth-order valence-corrected chi connectivity index (χ4v) is 4.01. The Labute approximate surface area is 154 Å². The molecule has 1 aromatic heterocycles. The maximum Gasteiger partial charge on any atom is 0.252 e. The number of hydrogen-bond donors (Lipinski definition) is 0. The van der Waals surface area contributed by atoms with Crippen LogP contribution in [0.3, 0.4) is 0 Å². The van der Waals surface area contributed by atoms with Gasteiger partial charge in [-0.25, -0.2) is 0 Å². The molecule has 2 aliphatic rings. The van der Waals surface area contributed by atoms with Crippen molar-refractivity contribution >= 4 is 5.91 Å². The van der Waals surface area contributed by atoms with Gasteiger partial charge in [-0.1, -0.05) is 5.16 Å². The van der Waals surface area contributed by atoms with Crippen LogP contribution >= 0.6 is 0 Å². The van der Waals surface area contributed by atoms with Crippen molar-refractivity contribution in [1.29, 1.82) is 0 Å². The Morgan fingerprint density at radius 1 is 1.35 bits per heavy atom. The molecule has 26 heavy (non-hydrogen) atoms. The van der Waals surface area contributed by atoms with Gasteiger partial charge in [-0.15, -0.1) is 0 Å². The van der Waals surface area contributed by atoms with Crippen molar-refractivity contribution < 1.29 is 18.8 Å². The van der Waals surface area contributed by atoms with E-state index in [1.54, 1.807) is 14.0 Å². The minimum Gasteiger partial charge on any atom is -0.381 e. The standard InChI is InChI=1S/C18H30N4O4/c1-14(23)22(9-5-17-19-18(13-24-2)26-20-17)16-4-3-8-21(12-16)15-6-10-25-11-7-15/h15-16H,3-13H2,1-2H3. The fourth-order valence-electron chi connectivity index (χ4n) is 4.01. The highest BCUT2D eigenvalue weighted by atomic mass is 16.5. The molecule has 0 aliphatic carbocycles. The quantitative estimate of drug-likeness (QED) is 0.718. The Kier molecular flexibility index (Phi) is 6.99. The van der Waals surface area contributed by atoms with E-state index < -0.39 is 0 Å². The zero-order chi connectivity index (χ0) is 18.4. The minimum atomic E-state index is 0.115. The van der Waals surface area contributed by atoms with Gasteiger partial charge >= 0.3 is 0 Å². The van der Waals surface area contributed by atoms with Gasteiger partial charge in [0.2, 0.25) is 5.91 Å². The summed E-state index contributed by atoms with van der Waals surface area (Å²) in [6, 6.07) is 0.851. The molecule has 3 heterocycles. The molecule has 3 rings (SSSR count). The van der Waals surface area contributed by atoms with E-state index in [0.29, 0.717) is 37.3 Å². The van der Waals surface area contributed by atoms with Crippen molar-refractivity contribution in [2.75, 3.05) is 40.0 Å². The molecule has 2 fully saturated rings. The summed E-state index contributed by atoms with van der Waals surface area (Å²) in [7, 11) is 1.59. The first-order valence-electron chi connectivity index (χ1n) is 9.56. The molecule has 1 amide bonds. The number of piperidine rings is 1. The number of methoxy groups -OCH3 is 1. The average molecular weight is 366 g/mol. The Balaban J connectivity index is 1.56. The van der Waals surface area contributed by atoms with Crippen molar-refractivity contribution in [3.8, 4) is 0 Å². The number of rotatable bonds is 7. The molecule has 0 aromatic carbocycles. The summed E-state index contributed by atoms with van der Waals surface area (Å²) >= 11 is 0. The van der Waals surface area contributed by atoms with Gasteiger partial charge in [0.1, 0.15) is 6.61 Å².